The molecule has 3 N–H and O–H groups in total. The number of amides is 1. The van der Waals surface area contributed by atoms with Crippen molar-refractivity contribution in [1.29, 1.82) is 0 Å². The highest BCUT2D eigenvalue weighted by Crippen LogP contribution is 2.13. The summed E-state index contributed by atoms with van der Waals surface area (Å²) in [5.41, 5.74) is 2.21. The SMILES string of the molecule is CNC(=O)O.Cc1cc(C)cc(O)c1. The molecule has 1 aromatic carbocycles. The summed E-state index contributed by atoms with van der Waals surface area (Å²) in [5.74, 6) is 0.354. The molecule has 1 aromatic rings. The average molecular weight is 197 g/mol. The van der Waals surface area contributed by atoms with Gasteiger partial charge in [0.25, 0.3) is 0 Å². The third kappa shape index (κ3) is 5.88. The predicted molar refractivity (Wildman–Crippen MR) is 54.7 cm³/mol. The molecule has 0 aliphatic heterocycles. The Morgan fingerprint density at radius 2 is 1.57 bits per heavy atom. The monoisotopic (exact) mass is 197 g/mol. The van der Waals surface area contributed by atoms with Gasteiger partial charge in [0.2, 0.25) is 0 Å². The molecule has 78 valence electrons. The van der Waals surface area contributed by atoms with E-state index in [0.29, 0.717) is 5.75 Å². The highest BCUT2D eigenvalue weighted by Gasteiger charge is 1.89. The molecule has 0 bridgehead atoms. The number of phenols is 1. The molecule has 0 spiro atoms. The second kappa shape index (κ2) is 5.85. The first-order chi connectivity index (χ1) is 6.45. The zero-order chi connectivity index (χ0) is 11.1. The summed E-state index contributed by atoms with van der Waals surface area (Å²) in [4.78, 5) is 9.26. The Labute approximate surface area is 83.2 Å². The molecule has 0 fully saturated rings. The number of nitrogens with one attached hydrogen (secondary N) is 1. The predicted octanol–water partition coefficient (Wildman–Crippen LogP) is 1.89. The lowest BCUT2D eigenvalue weighted by atomic mass is 10.1. The van der Waals surface area contributed by atoms with Crippen LogP contribution in [0.3, 0.4) is 0 Å². The van der Waals surface area contributed by atoms with Gasteiger partial charge in [0.1, 0.15) is 5.75 Å². The van der Waals surface area contributed by atoms with E-state index in [0.717, 1.165) is 11.1 Å². The molecular weight excluding hydrogens is 182 g/mol. The quantitative estimate of drug-likeness (QED) is 0.594. The summed E-state index contributed by atoms with van der Waals surface area (Å²) < 4.78 is 0. The Morgan fingerprint density at radius 1 is 1.21 bits per heavy atom. The van der Waals surface area contributed by atoms with E-state index >= 15 is 0 Å². The van der Waals surface area contributed by atoms with Crippen LogP contribution in [0.25, 0.3) is 0 Å². The van der Waals surface area contributed by atoms with Crippen LogP contribution in [0.1, 0.15) is 11.1 Å². The second-order valence-electron chi connectivity index (χ2n) is 2.90. The van der Waals surface area contributed by atoms with E-state index in [1.807, 2.05) is 25.2 Å². The van der Waals surface area contributed by atoms with Crippen LogP contribution in [0.2, 0.25) is 0 Å². The molecule has 14 heavy (non-hydrogen) atoms. The van der Waals surface area contributed by atoms with E-state index in [4.69, 9.17) is 10.2 Å². The maximum atomic E-state index is 9.26. The molecule has 0 atom stereocenters. The first-order valence-electron chi connectivity index (χ1n) is 4.13. The van der Waals surface area contributed by atoms with Gasteiger partial charge in [-0.3, -0.25) is 0 Å². The Hall–Kier alpha value is -1.71. The minimum atomic E-state index is -0.995. The smallest absolute Gasteiger partial charge is 0.404 e. The summed E-state index contributed by atoms with van der Waals surface area (Å²) in [6.45, 7) is 3.93. The van der Waals surface area contributed by atoms with Gasteiger partial charge in [0.15, 0.2) is 0 Å². The molecule has 0 radical (unpaired) electrons. The maximum Gasteiger partial charge on any atom is 0.404 e. The summed E-state index contributed by atoms with van der Waals surface area (Å²) in [6, 6.07) is 5.51. The number of aryl methyl sites for hydroxylation is 2. The second-order valence-corrected chi connectivity index (χ2v) is 2.90. The Morgan fingerprint density at radius 3 is 1.79 bits per heavy atom. The highest BCUT2D eigenvalue weighted by atomic mass is 16.4. The van der Waals surface area contributed by atoms with Gasteiger partial charge in [0.05, 0.1) is 0 Å². The van der Waals surface area contributed by atoms with Crippen LogP contribution in [-0.4, -0.2) is 23.4 Å². The number of carboxylic acid groups (broad SMARTS) is 1. The number of aromatic hydroxyl groups is 1. The van der Waals surface area contributed by atoms with Gasteiger partial charge in [-0.15, -0.1) is 0 Å². The Kier molecular flexibility index (Phi) is 5.14. The minimum Gasteiger partial charge on any atom is -0.508 e. The molecule has 0 aromatic heterocycles. The van der Waals surface area contributed by atoms with Crippen LogP contribution in [0.5, 0.6) is 5.75 Å². The van der Waals surface area contributed by atoms with E-state index in [9.17, 15) is 4.79 Å². The standard InChI is InChI=1S/C8H10O.C2H5NO2/c1-6-3-7(2)5-8(9)4-6;1-3-2(4)5/h3-5,9H,1-2H3;3H,1H3,(H,4,5). The molecule has 1 rings (SSSR count). The molecule has 0 aliphatic carbocycles. The van der Waals surface area contributed by atoms with Crippen LogP contribution >= 0.6 is 0 Å². The molecule has 0 aliphatic rings. The van der Waals surface area contributed by atoms with Crippen molar-refractivity contribution in [2.75, 3.05) is 7.05 Å². The Balaban J connectivity index is 0.000000292. The van der Waals surface area contributed by atoms with Gasteiger partial charge < -0.3 is 15.5 Å². The minimum absolute atomic E-state index is 0.354. The number of phenolic OH excluding ortho intramolecular Hbond substituents is 1. The molecule has 0 saturated carbocycles. The molecule has 1 amide bonds. The van der Waals surface area contributed by atoms with E-state index in [1.165, 1.54) is 7.05 Å². The molecule has 4 nitrogen and oxygen atoms in total. The van der Waals surface area contributed by atoms with Crippen LogP contribution in [-0.2, 0) is 0 Å². The van der Waals surface area contributed by atoms with Crippen molar-refractivity contribution < 1.29 is 15.0 Å². The lowest BCUT2D eigenvalue weighted by Crippen LogP contribution is -2.13. The third-order valence-corrected chi connectivity index (χ3v) is 1.42. The van der Waals surface area contributed by atoms with Crippen molar-refractivity contribution in [2.45, 2.75) is 13.8 Å². The van der Waals surface area contributed by atoms with Crippen molar-refractivity contribution in [3.05, 3.63) is 29.3 Å². The number of benzene rings is 1. The van der Waals surface area contributed by atoms with E-state index < -0.39 is 6.09 Å². The zero-order valence-electron chi connectivity index (χ0n) is 8.53. The van der Waals surface area contributed by atoms with Crippen molar-refractivity contribution in [2.24, 2.45) is 0 Å². The molecule has 0 unspecified atom stereocenters. The summed E-state index contributed by atoms with van der Waals surface area (Å²) >= 11 is 0. The van der Waals surface area contributed by atoms with Gasteiger partial charge in [-0.05, 0) is 37.1 Å². The zero-order valence-corrected chi connectivity index (χ0v) is 8.53. The fraction of sp³-hybridized carbons (Fsp3) is 0.300. The van der Waals surface area contributed by atoms with Gasteiger partial charge in [-0.2, -0.15) is 0 Å². The lowest BCUT2D eigenvalue weighted by molar-refractivity contribution is 0.197. The van der Waals surface area contributed by atoms with Crippen molar-refractivity contribution >= 4 is 6.09 Å². The third-order valence-electron chi connectivity index (χ3n) is 1.42. The van der Waals surface area contributed by atoms with Gasteiger partial charge in [-0.25, -0.2) is 4.79 Å². The summed E-state index contributed by atoms with van der Waals surface area (Å²) in [5, 5.41) is 18.5. The fourth-order valence-electron chi connectivity index (χ4n) is 0.951. The van der Waals surface area contributed by atoms with Gasteiger partial charge >= 0.3 is 6.09 Å². The highest BCUT2D eigenvalue weighted by molar-refractivity contribution is 5.63. The maximum absolute atomic E-state index is 9.26. The number of rotatable bonds is 0. The van der Waals surface area contributed by atoms with Crippen molar-refractivity contribution in [3.63, 3.8) is 0 Å². The largest absolute Gasteiger partial charge is 0.508 e. The topological polar surface area (TPSA) is 69.6 Å². The van der Waals surface area contributed by atoms with Gasteiger partial charge in [0, 0.05) is 7.05 Å². The average Bonchev–Trinajstić information content (AvgIpc) is 2.02. The van der Waals surface area contributed by atoms with Crippen LogP contribution in [0, 0.1) is 13.8 Å². The van der Waals surface area contributed by atoms with Crippen LogP contribution < -0.4 is 5.32 Å². The van der Waals surface area contributed by atoms with Crippen LogP contribution in [0.4, 0.5) is 4.79 Å². The normalized spacial score (nSPS) is 8.50. The molecule has 4 heteroatoms. The first kappa shape index (κ1) is 12.3. The number of hydrogen-bond acceptors (Lipinski definition) is 2. The van der Waals surface area contributed by atoms with Crippen molar-refractivity contribution in [3.8, 4) is 5.75 Å². The van der Waals surface area contributed by atoms with Gasteiger partial charge in [-0.1, -0.05) is 6.07 Å². The fourth-order valence-corrected chi connectivity index (χ4v) is 0.951. The van der Waals surface area contributed by atoms with Crippen LogP contribution in [0.15, 0.2) is 18.2 Å². The molecule has 0 heterocycles. The first-order valence-corrected chi connectivity index (χ1v) is 4.13. The molecule has 0 saturated heterocycles. The van der Waals surface area contributed by atoms with E-state index in [-0.39, 0.29) is 0 Å². The van der Waals surface area contributed by atoms with E-state index in [2.05, 4.69) is 0 Å². The van der Waals surface area contributed by atoms with E-state index in [1.54, 1.807) is 12.1 Å². The summed E-state index contributed by atoms with van der Waals surface area (Å²) in [7, 11) is 1.35. The summed E-state index contributed by atoms with van der Waals surface area (Å²) in [6.07, 6.45) is -0.995. The molecular formula is C10H15NO3. The lowest BCUT2D eigenvalue weighted by Gasteiger charge is -1.95. The number of hydrogen-bond donors (Lipinski definition) is 3. The number of carbonyl (C=O) groups is 1. The van der Waals surface area contributed by atoms with Crippen molar-refractivity contribution in [1.82, 2.24) is 5.32 Å². The Bertz CT molecular complexity index is 260.